The van der Waals surface area contributed by atoms with Crippen molar-refractivity contribution < 1.29 is 38.2 Å². The first-order chi connectivity index (χ1) is 17.8. The number of anilines is 2. The van der Waals surface area contributed by atoms with Crippen LogP contribution in [0.5, 0.6) is 28.7 Å². The predicted octanol–water partition coefficient (Wildman–Crippen LogP) is 4.14. The lowest BCUT2D eigenvalue weighted by molar-refractivity contribution is -0.385. The largest absolute Gasteiger partial charge is 0.496 e. The van der Waals surface area contributed by atoms with Crippen LogP contribution in [-0.4, -0.2) is 52.3 Å². The fraction of sp³-hybridized carbons (Fsp3) is 0.200. The minimum Gasteiger partial charge on any atom is -0.496 e. The average Bonchev–Trinajstić information content (AvgIpc) is 2.91. The maximum Gasteiger partial charge on any atom is 0.311 e. The summed E-state index contributed by atoms with van der Waals surface area (Å²) in [5.74, 6) is -0.511. The number of nitrogens with one attached hydrogen (secondary N) is 2. The Morgan fingerprint density at radius 1 is 0.649 bits per heavy atom. The molecule has 3 aromatic carbocycles. The van der Waals surface area contributed by atoms with E-state index in [0.29, 0.717) is 11.4 Å². The number of carbonyl (C=O) groups excluding carboxylic acids is 2. The molecule has 0 aliphatic carbocycles. The maximum absolute atomic E-state index is 13.2. The van der Waals surface area contributed by atoms with Gasteiger partial charge >= 0.3 is 5.69 Å². The first-order valence-electron chi connectivity index (χ1n) is 10.7. The Morgan fingerprint density at radius 2 is 1.14 bits per heavy atom. The van der Waals surface area contributed by atoms with Crippen LogP contribution < -0.4 is 34.3 Å². The smallest absolute Gasteiger partial charge is 0.311 e. The van der Waals surface area contributed by atoms with Crippen LogP contribution in [0, 0.1) is 10.1 Å². The Hall–Kier alpha value is -5.00. The van der Waals surface area contributed by atoms with Gasteiger partial charge in [-0.15, -0.1) is 0 Å². The van der Waals surface area contributed by atoms with E-state index in [4.69, 9.17) is 23.7 Å². The van der Waals surface area contributed by atoms with Gasteiger partial charge < -0.3 is 34.3 Å². The second-order valence-corrected chi connectivity index (χ2v) is 7.34. The topological polar surface area (TPSA) is 147 Å². The summed E-state index contributed by atoms with van der Waals surface area (Å²) in [6.07, 6.45) is 0. The summed E-state index contributed by atoms with van der Waals surface area (Å²) in [6, 6.07) is 11.9. The SMILES string of the molecule is COc1ccccc1NC(=O)c1cc(NC(=O)c2cc([N+](=O)[O-])c(OC)cc2OC)c(OC)cc1OC. The van der Waals surface area contributed by atoms with Gasteiger partial charge in [-0.05, 0) is 18.2 Å². The van der Waals surface area contributed by atoms with E-state index < -0.39 is 22.4 Å². The molecule has 0 saturated carbocycles. The first kappa shape index (κ1) is 26.6. The molecular formula is C25H25N3O9. The van der Waals surface area contributed by atoms with Crippen LogP contribution in [0.1, 0.15) is 20.7 Å². The molecular weight excluding hydrogens is 486 g/mol. The molecule has 194 valence electrons. The number of nitro groups is 1. The number of nitro benzene ring substituents is 1. The zero-order chi connectivity index (χ0) is 27.1. The van der Waals surface area contributed by atoms with E-state index in [-0.39, 0.29) is 39.8 Å². The normalized spacial score (nSPS) is 10.2. The molecule has 0 bridgehead atoms. The van der Waals surface area contributed by atoms with Gasteiger partial charge in [0.15, 0.2) is 0 Å². The van der Waals surface area contributed by atoms with E-state index in [1.807, 2.05) is 0 Å². The van der Waals surface area contributed by atoms with Gasteiger partial charge in [0.1, 0.15) is 23.0 Å². The summed E-state index contributed by atoms with van der Waals surface area (Å²) in [6.45, 7) is 0. The van der Waals surface area contributed by atoms with Crippen LogP contribution in [0.15, 0.2) is 48.5 Å². The molecule has 0 aliphatic heterocycles. The van der Waals surface area contributed by atoms with Gasteiger partial charge in [0.25, 0.3) is 11.8 Å². The van der Waals surface area contributed by atoms with E-state index in [2.05, 4.69) is 10.6 Å². The van der Waals surface area contributed by atoms with Gasteiger partial charge in [0.05, 0.1) is 63.0 Å². The molecule has 0 unspecified atom stereocenters. The number of amides is 2. The number of ether oxygens (including phenoxy) is 5. The van der Waals surface area contributed by atoms with Gasteiger partial charge in [0.2, 0.25) is 5.75 Å². The van der Waals surface area contributed by atoms with E-state index in [1.54, 1.807) is 24.3 Å². The Kier molecular flexibility index (Phi) is 8.35. The molecule has 2 N–H and O–H groups in total. The minimum atomic E-state index is -0.748. The molecule has 0 atom stereocenters. The second-order valence-electron chi connectivity index (χ2n) is 7.34. The van der Waals surface area contributed by atoms with Crippen molar-refractivity contribution in [2.45, 2.75) is 0 Å². The molecule has 12 heteroatoms. The first-order valence-corrected chi connectivity index (χ1v) is 10.7. The number of rotatable bonds is 10. The highest BCUT2D eigenvalue weighted by Gasteiger charge is 2.25. The number of hydrogen-bond acceptors (Lipinski definition) is 9. The summed E-state index contributed by atoms with van der Waals surface area (Å²) in [5.41, 5.74) is 0.0600. The van der Waals surface area contributed by atoms with Gasteiger partial charge in [-0.25, -0.2) is 0 Å². The predicted molar refractivity (Wildman–Crippen MR) is 135 cm³/mol. The number of methoxy groups -OCH3 is 5. The van der Waals surface area contributed by atoms with E-state index >= 15 is 0 Å². The van der Waals surface area contributed by atoms with Gasteiger partial charge in [-0.1, -0.05) is 12.1 Å². The van der Waals surface area contributed by atoms with Crippen LogP contribution in [0.4, 0.5) is 17.1 Å². The summed E-state index contributed by atoms with van der Waals surface area (Å²) in [4.78, 5) is 37.1. The Balaban J connectivity index is 2.02. The van der Waals surface area contributed by atoms with Gasteiger partial charge in [0, 0.05) is 18.2 Å². The maximum atomic E-state index is 13.2. The highest BCUT2D eigenvalue weighted by Crippen LogP contribution is 2.37. The Morgan fingerprint density at radius 3 is 1.68 bits per heavy atom. The van der Waals surface area contributed by atoms with Crippen molar-refractivity contribution in [1.29, 1.82) is 0 Å². The average molecular weight is 511 g/mol. The molecule has 12 nitrogen and oxygen atoms in total. The van der Waals surface area contributed by atoms with Crippen molar-refractivity contribution in [3.8, 4) is 28.7 Å². The van der Waals surface area contributed by atoms with Crippen molar-refractivity contribution in [2.75, 3.05) is 46.2 Å². The summed E-state index contributed by atoms with van der Waals surface area (Å²) in [5, 5.41) is 16.8. The van der Waals surface area contributed by atoms with E-state index in [9.17, 15) is 19.7 Å². The molecule has 0 aliphatic rings. The molecule has 0 saturated heterocycles. The monoisotopic (exact) mass is 511 g/mol. The molecule has 3 rings (SSSR count). The highest BCUT2D eigenvalue weighted by molar-refractivity contribution is 6.11. The van der Waals surface area contributed by atoms with Gasteiger partial charge in [-0.3, -0.25) is 19.7 Å². The minimum absolute atomic E-state index is 0.0431. The van der Waals surface area contributed by atoms with Crippen molar-refractivity contribution in [3.63, 3.8) is 0 Å². The molecule has 37 heavy (non-hydrogen) atoms. The number of benzene rings is 3. The summed E-state index contributed by atoms with van der Waals surface area (Å²) >= 11 is 0. The molecule has 0 aromatic heterocycles. The number of para-hydroxylation sites is 2. The van der Waals surface area contributed by atoms with E-state index in [0.717, 1.165) is 6.07 Å². The Labute approximate surface area is 212 Å². The third-order valence-electron chi connectivity index (χ3n) is 5.31. The van der Waals surface area contributed by atoms with E-state index in [1.165, 1.54) is 53.7 Å². The highest BCUT2D eigenvalue weighted by atomic mass is 16.6. The van der Waals surface area contributed by atoms with Crippen molar-refractivity contribution >= 4 is 28.9 Å². The third-order valence-corrected chi connectivity index (χ3v) is 5.31. The molecule has 3 aromatic rings. The van der Waals surface area contributed by atoms with Gasteiger partial charge in [-0.2, -0.15) is 0 Å². The van der Waals surface area contributed by atoms with Crippen LogP contribution in [0.3, 0.4) is 0 Å². The lowest BCUT2D eigenvalue weighted by Gasteiger charge is -2.17. The molecule has 0 radical (unpaired) electrons. The van der Waals surface area contributed by atoms with Crippen LogP contribution in [-0.2, 0) is 0 Å². The Bertz CT molecular complexity index is 1340. The quantitative estimate of drug-likeness (QED) is 0.303. The summed E-state index contributed by atoms with van der Waals surface area (Å²) in [7, 11) is 6.81. The molecule has 0 spiro atoms. The number of hydrogen-bond donors (Lipinski definition) is 2. The van der Waals surface area contributed by atoms with Crippen LogP contribution in [0.2, 0.25) is 0 Å². The molecule has 0 fully saturated rings. The zero-order valence-electron chi connectivity index (χ0n) is 20.7. The van der Waals surface area contributed by atoms with Crippen molar-refractivity contribution in [3.05, 3.63) is 69.8 Å². The van der Waals surface area contributed by atoms with Crippen LogP contribution >= 0.6 is 0 Å². The third kappa shape index (κ3) is 5.64. The standard InChI is InChI=1S/C25H25N3O9/c1-33-19-9-7-6-8-16(19)26-24(29)14-10-17(22(36-4)12-20(14)34-2)27-25(30)15-11-18(28(31)32)23(37-5)13-21(15)35-3/h6-13H,1-5H3,(H,26,29)(H,27,30). The summed E-state index contributed by atoms with van der Waals surface area (Å²) < 4.78 is 26.3. The fourth-order valence-corrected chi connectivity index (χ4v) is 3.50. The number of carbonyl (C=O) groups is 2. The fourth-order valence-electron chi connectivity index (χ4n) is 3.50. The van der Waals surface area contributed by atoms with Crippen molar-refractivity contribution in [1.82, 2.24) is 0 Å². The lowest BCUT2D eigenvalue weighted by atomic mass is 10.1. The zero-order valence-corrected chi connectivity index (χ0v) is 20.7. The lowest BCUT2D eigenvalue weighted by Crippen LogP contribution is -2.17. The number of nitrogens with zero attached hydrogens (tertiary/aromatic N) is 1. The van der Waals surface area contributed by atoms with Crippen LogP contribution in [0.25, 0.3) is 0 Å². The second kappa shape index (κ2) is 11.6. The van der Waals surface area contributed by atoms with Crippen molar-refractivity contribution in [2.24, 2.45) is 0 Å². The molecule has 0 heterocycles. The molecule has 2 amide bonds.